The van der Waals surface area contributed by atoms with Gasteiger partial charge < -0.3 is 10.2 Å². The van der Waals surface area contributed by atoms with Gasteiger partial charge in [0.1, 0.15) is 11.5 Å². The summed E-state index contributed by atoms with van der Waals surface area (Å²) < 4.78 is 0. The first-order valence-electron chi connectivity index (χ1n) is 9.47. The number of aromatic hydroxyl groups is 2. The normalized spacial score (nSPS) is 16.6. The third-order valence-electron chi connectivity index (χ3n) is 5.77. The molecule has 3 aromatic carbocycles. The van der Waals surface area contributed by atoms with Crippen LogP contribution in [-0.4, -0.2) is 15.2 Å². The van der Waals surface area contributed by atoms with Crippen LogP contribution in [0.15, 0.2) is 54.6 Å². The van der Waals surface area contributed by atoms with Crippen LogP contribution in [0.4, 0.5) is 0 Å². The lowest BCUT2D eigenvalue weighted by molar-refractivity contribution is 0.451. The SMILES string of the molecule is C[C@H]1CCc2c(-c3ccc(O)cc3O)nc3ccc4ccccc4c3c2C1. The summed E-state index contributed by atoms with van der Waals surface area (Å²) in [5, 5.41) is 23.8. The molecule has 0 bridgehead atoms. The largest absolute Gasteiger partial charge is 0.508 e. The third kappa shape index (κ3) is 2.54. The van der Waals surface area contributed by atoms with Crippen molar-refractivity contribution in [2.45, 2.75) is 26.2 Å². The Morgan fingerprint density at radius 1 is 0.963 bits per heavy atom. The maximum Gasteiger partial charge on any atom is 0.128 e. The highest BCUT2D eigenvalue weighted by atomic mass is 16.3. The van der Waals surface area contributed by atoms with Crippen LogP contribution in [0.5, 0.6) is 11.5 Å². The van der Waals surface area contributed by atoms with Gasteiger partial charge in [-0.2, -0.15) is 0 Å². The fourth-order valence-corrected chi connectivity index (χ4v) is 4.43. The molecule has 3 heteroatoms. The van der Waals surface area contributed by atoms with Crippen LogP contribution >= 0.6 is 0 Å². The van der Waals surface area contributed by atoms with Crippen LogP contribution in [0.25, 0.3) is 32.9 Å². The van der Waals surface area contributed by atoms with Crippen molar-refractivity contribution in [3.05, 3.63) is 65.7 Å². The van der Waals surface area contributed by atoms with E-state index >= 15 is 0 Å². The Morgan fingerprint density at radius 3 is 2.67 bits per heavy atom. The summed E-state index contributed by atoms with van der Waals surface area (Å²) in [6.07, 6.45) is 3.10. The van der Waals surface area contributed by atoms with Crippen molar-refractivity contribution in [1.29, 1.82) is 0 Å². The molecule has 1 heterocycles. The molecule has 4 aromatic rings. The molecule has 2 N–H and O–H groups in total. The van der Waals surface area contributed by atoms with Gasteiger partial charge in [-0.15, -0.1) is 0 Å². The smallest absolute Gasteiger partial charge is 0.128 e. The fraction of sp³-hybridized carbons (Fsp3) is 0.208. The molecule has 0 saturated heterocycles. The summed E-state index contributed by atoms with van der Waals surface area (Å²) in [6.45, 7) is 2.30. The molecular weight excluding hydrogens is 334 g/mol. The van der Waals surface area contributed by atoms with Crippen molar-refractivity contribution >= 4 is 21.7 Å². The van der Waals surface area contributed by atoms with Crippen molar-refractivity contribution in [3.63, 3.8) is 0 Å². The zero-order chi connectivity index (χ0) is 18.5. The highest BCUT2D eigenvalue weighted by Gasteiger charge is 2.24. The van der Waals surface area contributed by atoms with Crippen LogP contribution in [0.1, 0.15) is 24.5 Å². The van der Waals surface area contributed by atoms with Crippen molar-refractivity contribution in [1.82, 2.24) is 4.98 Å². The Hall–Kier alpha value is -3.07. The number of nitrogens with zero attached hydrogens (tertiary/aromatic N) is 1. The first-order valence-corrected chi connectivity index (χ1v) is 9.47. The molecule has 3 nitrogen and oxygen atoms in total. The van der Waals surface area contributed by atoms with E-state index in [1.54, 1.807) is 12.1 Å². The number of aromatic nitrogens is 1. The molecule has 0 fully saturated rings. The van der Waals surface area contributed by atoms with Crippen LogP contribution < -0.4 is 0 Å². The topological polar surface area (TPSA) is 53.4 Å². The molecule has 0 unspecified atom stereocenters. The van der Waals surface area contributed by atoms with Crippen molar-refractivity contribution in [3.8, 4) is 22.8 Å². The fourth-order valence-electron chi connectivity index (χ4n) is 4.43. The van der Waals surface area contributed by atoms with E-state index in [9.17, 15) is 10.2 Å². The number of phenolic OH excluding ortho intramolecular Hbond substituents is 2. The molecule has 0 spiro atoms. The van der Waals surface area contributed by atoms with Gasteiger partial charge in [-0.3, -0.25) is 0 Å². The highest BCUT2D eigenvalue weighted by molar-refractivity contribution is 6.09. The number of pyridine rings is 1. The van der Waals surface area contributed by atoms with E-state index in [0.29, 0.717) is 11.5 Å². The van der Waals surface area contributed by atoms with Crippen molar-refractivity contribution < 1.29 is 10.2 Å². The van der Waals surface area contributed by atoms with Crippen LogP contribution in [0, 0.1) is 5.92 Å². The Bertz CT molecular complexity index is 1200. The van der Waals surface area contributed by atoms with Crippen LogP contribution in [-0.2, 0) is 12.8 Å². The van der Waals surface area contributed by atoms with Gasteiger partial charge in [0.05, 0.1) is 11.2 Å². The Morgan fingerprint density at radius 2 is 1.81 bits per heavy atom. The Balaban J connectivity index is 1.90. The molecular formula is C24H21NO2. The number of hydrogen-bond acceptors (Lipinski definition) is 3. The molecule has 0 saturated carbocycles. The lowest BCUT2D eigenvalue weighted by Crippen LogP contribution is -2.14. The predicted molar refractivity (Wildman–Crippen MR) is 109 cm³/mol. The van der Waals surface area contributed by atoms with Gasteiger partial charge in [-0.25, -0.2) is 4.98 Å². The van der Waals surface area contributed by atoms with Gasteiger partial charge >= 0.3 is 0 Å². The molecule has 5 rings (SSSR count). The van der Waals surface area contributed by atoms with Gasteiger partial charge in [0.15, 0.2) is 0 Å². The van der Waals surface area contributed by atoms with E-state index in [0.717, 1.165) is 30.5 Å². The number of phenols is 2. The second-order valence-electron chi connectivity index (χ2n) is 7.65. The summed E-state index contributed by atoms with van der Waals surface area (Å²) in [5.41, 5.74) is 5.09. The third-order valence-corrected chi connectivity index (χ3v) is 5.77. The monoisotopic (exact) mass is 355 g/mol. The number of rotatable bonds is 1. The van der Waals surface area contributed by atoms with E-state index in [1.165, 1.54) is 33.4 Å². The minimum atomic E-state index is 0.0607. The van der Waals surface area contributed by atoms with E-state index in [1.807, 2.05) is 0 Å². The van der Waals surface area contributed by atoms with Gasteiger partial charge in [-0.1, -0.05) is 37.3 Å². The summed E-state index contributed by atoms with van der Waals surface area (Å²) in [7, 11) is 0. The summed E-state index contributed by atoms with van der Waals surface area (Å²) >= 11 is 0. The minimum Gasteiger partial charge on any atom is -0.508 e. The van der Waals surface area contributed by atoms with E-state index < -0.39 is 0 Å². The zero-order valence-electron chi connectivity index (χ0n) is 15.2. The second-order valence-corrected chi connectivity index (χ2v) is 7.65. The van der Waals surface area contributed by atoms with Gasteiger partial charge in [0.2, 0.25) is 0 Å². The number of benzene rings is 3. The number of hydrogen-bond donors (Lipinski definition) is 2. The van der Waals surface area contributed by atoms with Crippen molar-refractivity contribution in [2.24, 2.45) is 5.92 Å². The molecule has 1 atom stereocenters. The molecule has 1 aromatic heterocycles. The van der Waals surface area contributed by atoms with Crippen molar-refractivity contribution in [2.75, 3.05) is 0 Å². The molecule has 0 amide bonds. The van der Waals surface area contributed by atoms with Gasteiger partial charge in [0.25, 0.3) is 0 Å². The molecule has 0 radical (unpaired) electrons. The lowest BCUT2D eigenvalue weighted by atomic mass is 9.80. The summed E-state index contributed by atoms with van der Waals surface area (Å²) in [6, 6.07) is 17.4. The standard InChI is InChI=1S/C24H21NO2/c1-14-6-9-18-20(12-14)23-17-5-3-2-4-15(17)7-11-21(23)25-24(18)19-10-8-16(26)13-22(19)27/h2-5,7-8,10-11,13-14,26-27H,6,9,12H2,1H3/t14-/m0/s1. The first kappa shape index (κ1) is 16.1. The molecule has 27 heavy (non-hydrogen) atoms. The quantitative estimate of drug-likeness (QED) is 0.438. The number of fused-ring (bicyclic) bond motifs is 5. The maximum atomic E-state index is 10.4. The second kappa shape index (κ2) is 5.98. The maximum absolute atomic E-state index is 10.4. The highest BCUT2D eigenvalue weighted by Crippen LogP contribution is 2.41. The molecule has 134 valence electrons. The molecule has 0 aliphatic heterocycles. The van der Waals surface area contributed by atoms with E-state index in [2.05, 4.69) is 43.3 Å². The first-order chi connectivity index (χ1) is 13.1. The summed E-state index contributed by atoms with van der Waals surface area (Å²) in [5.74, 6) is 0.761. The van der Waals surface area contributed by atoms with E-state index in [-0.39, 0.29) is 11.5 Å². The van der Waals surface area contributed by atoms with Gasteiger partial charge in [-0.05, 0) is 65.3 Å². The average Bonchev–Trinajstić information content (AvgIpc) is 2.67. The Kier molecular flexibility index (Phi) is 3.57. The van der Waals surface area contributed by atoms with Gasteiger partial charge in [0, 0.05) is 17.0 Å². The minimum absolute atomic E-state index is 0.0607. The lowest BCUT2D eigenvalue weighted by Gasteiger charge is -2.26. The molecule has 1 aliphatic rings. The van der Waals surface area contributed by atoms with Crippen LogP contribution in [0.2, 0.25) is 0 Å². The predicted octanol–water partition coefficient (Wildman–Crippen LogP) is 5.59. The zero-order valence-corrected chi connectivity index (χ0v) is 15.2. The molecule has 1 aliphatic carbocycles. The van der Waals surface area contributed by atoms with Crippen LogP contribution in [0.3, 0.4) is 0 Å². The summed E-state index contributed by atoms with van der Waals surface area (Å²) in [4.78, 5) is 4.98. The van der Waals surface area contributed by atoms with E-state index in [4.69, 9.17) is 4.98 Å². The Labute approximate surface area is 157 Å². The average molecular weight is 355 g/mol.